The van der Waals surface area contributed by atoms with E-state index in [0.717, 1.165) is 5.56 Å². The molecular weight excluding hydrogens is 252 g/mol. The standard InChI is InChI=1S/C14H19ClO3/c1-5-14(15,13(16)17-10(2)3)18-12-9-7-6-8-11(12)4/h6-10H,5H2,1-4H3. The molecule has 0 heterocycles. The van der Waals surface area contributed by atoms with Gasteiger partial charge in [-0.15, -0.1) is 0 Å². The Labute approximate surface area is 113 Å². The average molecular weight is 271 g/mol. The third kappa shape index (κ3) is 3.64. The zero-order chi connectivity index (χ0) is 13.8. The van der Waals surface area contributed by atoms with Crippen LogP contribution in [0.3, 0.4) is 0 Å². The van der Waals surface area contributed by atoms with E-state index >= 15 is 0 Å². The van der Waals surface area contributed by atoms with E-state index < -0.39 is 11.0 Å². The van der Waals surface area contributed by atoms with Crippen molar-refractivity contribution in [3.05, 3.63) is 29.8 Å². The predicted molar refractivity (Wildman–Crippen MR) is 71.9 cm³/mol. The molecule has 18 heavy (non-hydrogen) atoms. The Hall–Kier alpha value is -1.22. The fourth-order valence-corrected chi connectivity index (χ4v) is 1.53. The Bertz CT molecular complexity index is 417. The number of hydrogen-bond acceptors (Lipinski definition) is 3. The van der Waals surface area contributed by atoms with E-state index in [1.165, 1.54) is 0 Å². The van der Waals surface area contributed by atoms with Crippen molar-refractivity contribution in [2.24, 2.45) is 0 Å². The molecule has 0 bridgehead atoms. The summed E-state index contributed by atoms with van der Waals surface area (Å²) >= 11 is 6.23. The SMILES string of the molecule is CCC(Cl)(Oc1ccccc1C)C(=O)OC(C)C. The first-order valence-corrected chi connectivity index (χ1v) is 6.41. The topological polar surface area (TPSA) is 35.5 Å². The van der Waals surface area contributed by atoms with E-state index in [1.807, 2.05) is 25.1 Å². The summed E-state index contributed by atoms with van der Waals surface area (Å²) < 4.78 is 10.8. The molecule has 1 atom stereocenters. The molecule has 4 heteroatoms. The third-order valence-electron chi connectivity index (χ3n) is 2.47. The monoisotopic (exact) mass is 270 g/mol. The second kappa shape index (κ2) is 6.10. The maximum absolute atomic E-state index is 11.9. The van der Waals surface area contributed by atoms with Crippen LogP contribution >= 0.6 is 11.6 Å². The normalized spacial score (nSPS) is 14.1. The summed E-state index contributed by atoms with van der Waals surface area (Å²) in [5, 5.41) is -1.46. The lowest BCUT2D eigenvalue weighted by atomic mass is 10.2. The number of aryl methyl sites for hydroxylation is 1. The molecule has 0 radical (unpaired) electrons. The van der Waals surface area contributed by atoms with Gasteiger partial charge >= 0.3 is 5.97 Å². The lowest BCUT2D eigenvalue weighted by Crippen LogP contribution is -2.41. The van der Waals surface area contributed by atoms with Crippen LogP contribution < -0.4 is 4.74 Å². The Balaban J connectivity index is 2.89. The lowest BCUT2D eigenvalue weighted by molar-refractivity contribution is -0.159. The van der Waals surface area contributed by atoms with Crippen molar-refractivity contribution < 1.29 is 14.3 Å². The predicted octanol–water partition coefficient (Wildman–Crippen LogP) is 3.67. The first-order chi connectivity index (χ1) is 8.39. The van der Waals surface area contributed by atoms with E-state index in [1.54, 1.807) is 26.8 Å². The van der Waals surface area contributed by atoms with E-state index in [2.05, 4.69) is 0 Å². The first-order valence-electron chi connectivity index (χ1n) is 6.03. The number of carbonyl (C=O) groups is 1. The summed E-state index contributed by atoms with van der Waals surface area (Å²) in [6.07, 6.45) is 0.108. The maximum Gasteiger partial charge on any atom is 0.366 e. The minimum Gasteiger partial charge on any atom is -0.460 e. The minimum atomic E-state index is -1.46. The van der Waals surface area contributed by atoms with Gasteiger partial charge in [-0.2, -0.15) is 0 Å². The fraction of sp³-hybridized carbons (Fsp3) is 0.500. The molecule has 1 unspecified atom stereocenters. The second-order valence-electron chi connectivity index (χ2n) is 4.40. The smallest absolute Gasteiger partial charge is 0.366 e. The van der Waals surface area contributed by atoms with Crippen LogP contribution in [0.5, 0.6) is 5.75 Å². The van der Waals surface area contributed by atoms with Gasteiger partial charge in [-0.25, -0.2) is 4.79 Å². The van der Waals surface area contributed by atoms with Crippen LogP contribution in [0.2, 0.25) is 0 Å². The van der Waals surface area contributed by atoms with Gasteiger partial charge in [0.1, 0.15) is 5.75 Å². The summed E-state index contributed by atoms with van der Waals surface area (Å²) in [5.74, 6) is 0.0416. The molecule has 3 nitrogen and oxygen atoms in total. The Morgan fingerprint density at radius 1 is 1.39 bits per heavy atom. The van der Waals surface area contributed by atoms with Crippen LogP contribution in [-0.4, -0.2) is 17.1 Å². The van der Waals surface area contributed by atoms with Gasteiger partial charge < -0.3 is 9.47 Å². The van der Waals surface area contributed by atoms with E-state index in [4.69, 9.17) is 21.1 Å². The Kier molecular flexibility index (Phi) is 5.03. The molecule has 100 valence electrons. The van der Waals surface area contributed by atoms with E-state index in [9.17, 15) is 4.79 Å². The number of esters is 1. The first kappa shape index (κ1) is 14.8. The van der Waals surface area contributed by atoms with Crippen molar-refractivity contribution in [1.82, 2.24) is 0 Å². The number of hydrogen-bond donors (Lipinski definition) is 0. The van der Waals surface area contributed by atoms with Crippen LogP contribution in [0.1, 0.15) is 32.8 Å². The molecule has 0 saturated carbocycles. The number of carbonyl (C=O) groups excluding carboxylic acids is 1. The summed E-state index contributed by atoms with van der Waals surface area (Å²) in [6, 6.07) is 7.42. The summed E-state index contributed by atoms with van der Waals surface area (Å²) in [5.41, 5.74) is 0.924. The van der Waals surface area contributed by atoms with Gasteiger partial charge in [-0.1, -0.05) is 36.7 Å². The van der Waals surface area contributed by atoms with Crippen molar-refractivity contribution >= 4 is 17.6 Å². The van der Waals surface area contributed by atoms with Gasteiger partial charge in [-0.05, 0) is 32.4 Å². The lowest BCUT2D eigenvalue weighted by Gasteiger charge is -2.26. The highest BCUT2D eigenvalue weighted by molar-refractivity contribution is 6.33. The number of para-hydroxylation sites is 1. The second-order valence-corrected chi connectivity index (χ2v) is 5.01. The molecule has 0 aliphatic carbocycles. The molecular formula is C14H19ClO3. The quantitative estimate of drug-likeness (QED) is 0.605. The largest absolute Gasteiger partial charge is 0.460 e. The number of alkyl halides is 1. The molecule has 0 saturated heterocycles. The molecule has 0 N–H and O–H groups in total. The number of ether oxygens (including phenoxy) is 2. The Morgan fingerprint density at radius 3 is 2.50 bits per heavy atom. The zero-order valence-electron chi connectivity index (χ0n) is 11.2. The molecule has 1 rings (SSSR count). The zero-order valence-corrected chi connectivity index (χ0v) is 12.0. The number of halogens is 1. The van der Waals surface area contributed by atoms with Gasteiger partial charge in [0.25, 0.3) is 5.06 Å². The number of rotatable bonds is 5. The van der Waals surface area contributed by atoms with Gasteiger partial charge in [0.15, 0.2) is 0 Å². The van der Waals surface area contributed by atoms with Crippen LogP contribution in [0.4, 0.5) is 0 Å². The average Bonchev–Trinajstić information content (AvgIpc) is 2.31. The molecule has 0 fully saturated rings. The van der Waals surface area contributed by atoms with Crippen LogP contribution in [0.15, 0.2) is 24.3 Å². The number of benzene rings is 1. The fourth-order valence-electron chi connectivity index (χ4n) is 1.41. The van der Waals surface area contributed by atoms with E-state index in [0.29, 0.717) is 12.2 Å². The van der Waals surface area contributed by atoms with Gasteiger partial charge in [0, 0.05) is 6.42 Å². The van der Waals surface area contributed by atoms with Gasteiger partial charge in [-0.3, -0.25) is 0 Å². The van der Waals surface area contributed by atoms with Crippen LogP contribution in [0, 0.1) is 6.92 Å². The maximum atomic E-state index is 11.9. The van der Waals surface area contributed by atoms with E-state index in [-0.39, 0.29) is 6.10 Å². The molecule has 1 aromatic carbocycles. The third-order valence-corrected chi connectivity index (χ3v) is 2.97. The van der Waals surface area contributed by atoms with Crippen molar-refractivity contribution in [2.75, 3.05) is 0 Å². The van der Waals surface area contributed by atoms with Crippen LogP contribution in [-0.2, 0) is 9.53 Å². The molecule has 0 spiro atoms. The molecule has 0 aromatic heterocycles. The van der Waals surface area contributed by atoms with Crippen molar-refractivity contribution in [3.8, 4) is 5.75 Å². The summed E-state index contributed by atoms with van der Waals surface area (Å²) in [6.45, 7) is 7.24. The van der Waals surface area contributed by atoms with Gasteiger partial charge in [0.05, 0.1) is 6.10 Å². The summed E-state index contributed by atoms with van der Waals surface area (Å²) in [4.78, 5) is 11.9. The van der Waals surface area contributed by atoms with Crippen molar-refractivity contribution in [1.29, 1.82) is 0 Å². The highest BCUT2D eigenvalue weighted by atomic mass is 35.5. The molecule has 0 amide bonds. The molecule has 1 aromatic rings. The Morgan fingerprint density at radius 2 is 2.00 bits per heavy atom. The molecule has 0 aliphatic heterocycles. The van der Waals surface area contributed by atoms with Crippen molar-refractivity contribution in [2.45, 2.75) is 45.3 Å². The summed E-state index contributed by atoms with van der Waals surface area (Å²) in [7, 11) is 0. The van der Waals surface area contributed by atoms with Gasteiger partial charge in [0.2, 0.25) is 0 Å². The molecule has 0 aliphatic rings. The van der Waals surface area contributed by atoms with Crippen molar-refractivity contribution in [3.63, 3.8) is 0 Å². The minimum absolute atomic E-state index is 0.220. The highest BCUT2D eigenvalue weighted by Crippen LogP contribution is 2.29. The van der Waals surface area contributed by atoms with Crippen LogP contribution in [0.25, 0.3) is 0 Å². The highest BCUT2D eigenvalue weighted by Gasteiger charge is 2.39.